The zero-order chi connectivity index (χ0) is 23.3. The van der Waals surface area contributed by atoms with Gasteiger partial charge in [-0.1, -0.05) is 6.92 Å². The van der Waals surface area contributed by atoms with Gasteiger partial charge in [-0.3, -0.25) is 9.47 Å². The number of ether oxygens (including phenoxy) is 2. The summed E-state index contributed by atoms with van der Waals surface area (Å²) in [6.07, 6.45) is -1.05. The molecule has 0 saturated carbocycles. The van der Waals surface area contributed by atoms with E-state index < -0.39 is 18.1 Å². The molecule has 0 spiro atoms. The topological polar surface area (TPSA) is 46.9 Å². The molecule has 31 heavy (non-hydrogen) atoms. The second-order valence-corrected chi connectivity index (χ2v) is 8.82. The first kappa shape index (κ1) is 25.1. The van der Waals surface area contributed by atoms with Crippen molar-refractivity contribution in [2.45, 2.75) is 53.2 Å². The van der Waals surface area contributed by atoms with Crippen LogP contribution in [0.3, 0.4) is 0 Å². The first-order chi connectivity index (χ1) is 14.5. The molecule has 0 bridgehead atoms. The number of aromatic nitrogens is 1. The van der Waals surface area contributed by atoms with Crippen molar-refractivity contribution in [2.24, 2.45) is 0 Å². The number of likely N-dealkylation sites (N-methyl/N-ethyl adjacent to an activating group) is 2. The molecule has 174 valence electrons. The van der Waals surface area contributed by atoms with E-state index >= 15 is 0 Å². The zero-order valence-corrected chi connectivity index (χ0v) is 19.7. The Hall–Kier alpha value is -2.19. The Labute approximate surface area is 183 Å². The van der Waals surface area contributed by atoms with Crippen molar-refractivity contribution in [1.29, 1.82) is 0 Å². The SMILES string of the molecule is CCN(CCN(C)Cc1c(OC)cc(C)c2c1ccn2C(=O)OC(C)(C)C)CC(F)F. The van der Waals surface area contributed by atoms with Gasteiger partial charge in [0.25, 0.3) is 6.43 Å². The molecule has 0 saturated heterocycles. The summed E-state index contributed by atoms with van der Waals surface area (Å²) in [6, 6.07) is 3.81. The Balaban J connectivity index is 2.30. The number of halogens is 2. The van der Waals surface area contributed by atoms with Gasteiger partial charge in [0.15, 0.2) is 0 Å². The van der Waals surface area contributed by atoms with Crippen LogP contribution in [0.4, 0.5) is 13.6 Å². The lowest BCUT2D eigenvalue weighted by Gasteiger charge is -2.25. The van der Waals surface area contributed by atoms with Crippen molar-refractivity contribution in [1.82, 2.24) is 14.4 Å². The summed E-state index contributed by atoms with van der Waals surface area (Å²) in [5, 5.41) is 0.912. The highest BCUT2D eigenvalue weighted by molar-refractivity contribution is 5.95. The summed E-state index contributed by atoms with van der Waals surface area (Å²) >= 11 is 0. The predicted molar refractivity (Wildman–Crippen MR) is 119 cm³/mol. The Morgan fingerprint density at radius 1 is 1.26 bits per heavy atom. The first-order valence-electron chi connectivity index (χ1n) is 10.6. The van der Waals surface area contributed by atoms with E-state index in [9.17, 15) is 13.6 Å². The Bertz CT molecular complexity index is 890. The van der Waals surface area contributed by atoms with Gasteiger partial charge in [0.05, 0.1) is 19.2 Å². The maximum Gasteiger partial charge on any atom is 0.419 e. The maximum atomic E-state index is 12.7. The Kier molecular flexibility index (Phi) is 8.42. The fraction of sp³-hybridized carbons (Fsp3) is 0.609. The largest absolute Gasteiger partial charge is 0.496 e. The molecule has 0 atom stereocenters. The minimum atomic E-state index is -2.34. The lowest BCUT2D eigenvalue weighted by Crippen LogP contribution is -2.35. The number of aryl methyl sites for hydroxylation is 1. The fourth-order valence-corrected chi connectivity index (χ4v) is 3.61. The molecule has 1 heterocycles. The lowest BCUT2D eigenvalue weighted by molar-refractivity contribution is 0.0544. The number of fused-ring (bicyclic) bond motifs is 1. The van der Waals surface area contributed by atoms with Gasteiger partial charge >= 0.3 is 6.09 Å². The minimum Gasteiger partial charge on any atom is -0.496 e. The number of carbonyl (C=O) groups excluding carboxylic acids is 1. The highest BCUT2D eigenvalue weighted by Crippen LogP contribution is 2.33. The normalized spacial score (nSPS) is 12.4. The van der Waals surface area contributed by atoms with Crippen LogP contribution in [0.15, 0.2) is 18.3 Å². The summed E-state index contributed by atoms with van der Waals surface area (Å²) in [6.45, 7) is 11.4. The van der Waals surface area contributed by atoms with Gasteiger partial charge in [0, 0.05) is 36.8 Å². The van der Waals surface area contributed by atoms with E-state index in [1.165, 1.54) is 4.57 Å². The molecule has 6 nitrogen and oxygen atoms in total. The molecule has 0 aliphatic heterocycles. The Morgan fingerprint density at radius 3 is 2.48 bits per heavy atom. The average Bonchev–Trinajstić information content (AvgIpc) is 3.11. The molecule has 2 rings (SSSR count). The molecule has 0 radical (unpaired) electrons. The van der Waals surface area contributed by atoms with E-state index in [1.54, 1.807) is 18.2 Å². The molecule has 2 aromatic rings. The van der Waals surface area contributed by atoms with E-state index in [1.807, 2.05) is 53.8 Å². The van der Waals surface area contributed by atoms with Crippen molar-refractivity contribution in [3.8, 4) is 5.75 Å². The molecule has 8 heteroatoms. The third-order valence-electron chi connectivity index (χ3n) is 5.11. The molecule has 0 unspecified atom stereocenters. The van der Waals surface area contributed by atoms with Crippen molar-refractivity contribution in [3.05, 3.63) is 29.5 Å². The molecule has 1 aromatic carbocycles. The molecule has 0 N–H and O–H groups in total. The van der Waals surface area contributed by atoms with Crippen LogP contribution < -0.4 is 4.74 Å². The second-order valence-electron chi connectivity index (χ2n) is 8.82. The maximum absolute atomic E-state index is 12.7. The molecule has 0 aliphatic rings. The first-order valence-corrected chi connectivity index (χ1v) is 10.6. The highest BCUT2D eigenvalue weighted by Gasteiger charge is 2.22. The van der Waals surface area contributed by atoms with Crippen LogP contribution in [-0.2, 0) is 11.3 Å². The average molecular weight is 440 g/mol. The number of rotatable bonds is 9. The number of methoxy groups -OCH3 is 1. The summed E-state index contributed by atoms with van der Waals surface area (Å²) in [4.78, 5) is 16.5. The molecule has 0 amide bonds. The number of carbonyl (C=O) groups is 1. The second kappa shape index (κ2) is 10.4. The van der Waals surface area contributed by atoms with Crippen molar-refractivity contribution < 1.29 is 23.0 Å². The van der Waals surface area contributed by atoms with E-state index in [4.69, 9.17) is 9.47 Å². The van der Waals surface area contributed by atoms with Crippen LogP contribution in [-0.4, -0.2) is 72.8 Å². The van der Waals surface area contributed by atoms with Crippen molar-refractivity contribution in [3.63, 3.8) is 0 Å². The van der Waals surface area contributed by atoms with Crippen LogP contribution >= 0.6 is 0 Å². The van der Waals surface area contributed by atoms with Gasteiger partial charge in [-0.2, -0.15) is 0 Å². The third kappa shape index (κ3) is 6.64. The van der Waals surface area contributed by atoms with E-state index in [-0.39, 0.29) is 6.54 Å². The summed E-state index contributed by atoms with van der Waals surface area (Å²) < 4.78 is 38.1. The van der Waals surface area contributed by atoms with E-state index in [0.29, 0.717) is 26.2 Å². The van der Waals surface area contributed by atoms with Crippen LogP contribution in [0.1, 0.15) is 38.8 Å². The number of benzene rings is 1. The molecular weight excluding hydrogens is 404 g/mol. The van der Waals surface area contributed by atoms with Crippen LogP contribution in [0.25, 0.3) is 10.9 Å². The molecule has 0 aliphatic carbocycles. The number of nitrogens with zero attached hydrogens (tertiary/aromatic N) is 3. The third-order valence-corrected chi connectivity index (χ3v) is 5.11. The van der Waals surface area contributed by atoms with Gasteiger partial charge in [-0.15, -0.1) is 0 Å². The molecular formula is C23H35F2N3O3. The minimum absolute atomic E-state index is 0.221. The Morgan fingerprint density at radius 2 is 1.94 bits per heavy atom. The monoisotopic (exact) mass is 439 g/mol. The number of hydrogen-bond acceptors (Lipinski definition) is 5. The van der Waals surface area contributed by atoms with Gasteiger partial charge in [-0.25, -0.2) is 13.6 Å². The van der Waals surface area contributed by atoms with Gasteiger partial charge in [-0.05, 0) is 59.0 Å². The zero-order valence-electron chi connectivity index (χ0n) is 19.7. The molecule has 0 fully saturated rings. The van der Waals surface area contributed by atoms with E-state index in [0.717, 1.165) is 27.8 Å². The summed E-state index contributed by atoms with van der Waals surface area (Å²) in [7, 11) is 3.57. The smallest absolute Gasteiger partial charge is 0.419 e. The number of hydrogen-bond donors (Lipinski definition) is 0. The fourth-order valence-electron chi connectivity index (χ4n) is 3.61. The van der Waals surface area contributed by atoms with Gasteiger partial charge < -0.3 is 14.4 Å². The van der Waals surface area contributed by atoms with Crippen molar-refractivity contribution >= 4 is 17.0 Å². The predicted octanol–water partition coefficient (Wildman–Crippen LogP) is 4.76. The van der Waals surface area contributed by atoms with Crippen LogP contribution in [0.5, 0.6) is 5.75 Å². The van der Waals surface area contributed by atoms with Crippen LogP contribution in [0.2, 0.25) is 0 Å². The standard InChI is InChI=1S/C23H35F2N3O3/c1-8-27(15-20(24)25)12-11-26(6)14-18-17-9-10-28(22(29)31-23(3,4)5)21(17)16(2)13-19(18)30-7/h9-10,13,20H,8,11-12,14-15H2,1-7H3. The molecule has 1 aromatic heterocycles. The summed E-state index contributed by atoms with van der Waals surface area (Å²) in [5.74, 6) is 0.735. The van der Waals surface area contributed by atoms with Gasteiger partial charge in [0.1, 0.15) is 11.4 Å². The lowest BCUT2D eigenvalue weighted by atomic mass is 10.0. The summed E-state index contributed by atoms with van der Waals surface area (Å²) in [5.41, 5.74) is 2.04. The van der Waals surface area contributed by atoms with Crippen molar-refractivity contribution in [2.75, 3.05) is 40.3 Å². The van der Waals surface area contributed by atoms with E-state index in [2.05, 4.69) is 4.90 Å². The van der Waals surface area contributed by atoms with Crippen LogP contribution in [0, 0.1) is 6.92 Å². The highest BCUT2D eigenvalue weighted by atomic mass is 19.3. The van der Waals surface area contributed by atoms with Gasteiger partial charge in [0.2, 0.25) is 0 Å². The quantitative estimate of drug-likeness (QED) is 0.564. The number of alkyl halides is 2.